The van der Waals surface area contributed by atoms with Gasteiger partial charge in [-0.2, -0.15) is 0 Å². The Hall–Kier alpha value is -0.420. The zero-order valence-electron chi connectivity index (χ0n) is 16.1. The Balaban J connectivity index is 1.35. The molecule has 4 nitrogen and oxygen atoms in total. The number of hydrogen-bond donors (Lipinski definition) is 3. The van der Waals surface area contributed by atoms with E-state index < -0.39 is 0 Å². The van der Waals surface area contributed by atoms with Gasteiger partial charge in [0.2, 0.25) is 0 Å². The molecule has 0 amide bonds. The highest BCUT2D eigenvalue weighted by atomic mass is 16.5. The van der Waals surface area contributed by atoms with Crippen LogP contribution in [0.25, 0.3) is 0 Å². The number of aliphatic hydroxyl groups is 1. The molecule has 138 valence electrons. The molecule has 4 aliphatic rings. The second kappa shape index (κ2) is 7.45. The number of rotatable bonds is 7. The van der Waals surface area contributed by atoms with Crippen LogP contribution in [-0.2, 0) is 4.74 Å². The van der Waals surface area contributed by atoms with Gasteiger partial charge in [0.1, 0.15) is 12.6 Å². The molecule has 1 aliphatic heterocycles. The van der Waals surface area contributed by atoms with E-state index in [-0.39, 0.29) is 6.10 Å². The molecule has 24 heavy (non-hydrogen) atoms. The van der Waals surface area contributed by atoms with Crippen molar-refractivity contribution in [3.63, 3.8) is 0 Å². The minimum Gasteiger partial charge on any atom is -0.385 e. The SMILES string of the molecule is C[NH+]1CCC([NH+](C)C[C@@H](O)COCC2=CC[C@@H]3C[C@H]2C3(C)C)CC1. The summed E-state index contributed by atoms with van der Waals surface area (Å²) in [4.78, 5) is 3.11. The van der Waals surface area contributed by atoms with Crippen molar-refractivity contribution in [3.05, 3.63) is 11.6 Å². The lowest BCUT2D eigenvalue weighted by atomic mass is 9.49. The highest BCUT2D eigenvalue weighted by Crippen LogP contribution is 2.59. The van der Waals surface area contributed by atoms with E-state index in [1.54, 1.807) is 4.90 Å². The van der Waals surface area contributed by atoms with E-state index in [0.717, 1.165) is 12.5 Å². The predicted octanol–water partition coefficient (Wildman–Crippen LogP) is -0.452. The van der Waals surface area contributed by atoms with Gasteiger partial charge in [0.15, 0.2) is 0 Å². The molecule has 4 atom stereocenters. The maximum absolute atomic E-state index is 10.3. The van der Waals surface area contributed by atoms with Gasteiger partial charge in [0.05, 0.1) is 46.4 Å². The Morgan fingerprint density at radius 3 is 2.71 bits per heavy atom. The number of likely N-dealkylation sites (N-methyl/N-ethyl adjacent to an activating group) is 1. The molecular formula is C20H38N2O2+2. The van der Waals surface area contributed by atoms with Crippen LogP contribution in [0.5, 0.6) is 0 Å². The van der Waals surface area contributed by atoms with Crippen LogP contribution < -0.4 is 9.80 Å². The average Bonchev–Trinajstić information content (AvgIpc) is 2.55. The number of fused-ring (bicyclic) bond motifs is 1. The molecule has 2 fully saturated rings. The third-order valence-electron chi connectivity index (χ3n) is 7.26. The number of nitrogens with one attached hydrogen (secondary N) is 2. The normalized spacial score (nSPS) is 37.3. The minimum absolute atomic E-state index is 0.344. The van der Waals surface area contributed by atoms with E-state index in [1.165, 1.54) is 49.2 Å². The number of likely N-dealkylation sites (tertiary alicyclic amines) is 1. The molecule has 4 heteroatoms. The van der Waals surface area contributed by atoms with Gasteiger partial charge >= 0.3 is 0 Å². The first-order valence-corrected chi connectivity index (χ1v) is 9.96. The second-order valence-electron chi connectivity index (χ2n) is 9.27. The first-order chi connectivity index (χ1) is 11.4. The van der Waals surface area contributed by atoms with Crippen molar-refractivity contribution >= 4 is 0 Å². The van der Waals surface area contributed by atoms with Crippen LogP contribution in [0.4, 0.5) is 0 Å². The first-order valence-electron chi connectivity index (χ1n) is 9.96. The van der Waals surface area contributed by atoms with E-state index in [2.05, 4.69) is 34.0 Å². The topological polar surface area (TPSA) is 38.3 Å². The summed E-state index contributed by atoms with van der Waals surface area (Å²) < 4.78 is 5.89. The Morgan fingerprint density at radius 2 is 2.08 bits per heavy atom. The van der Waals surface area contributed by atoms with Crippen LogP contribution in [0.3, 0.4) is 0 Å². The number of allylic oxidation sites excluding steroid dienone is 1. The summed E-state index contributed by atoms with van der Waals surface area (Å²) in [7, 11) is 4.51. The largest absolute Gasteiger partial charge is 0.385 e. The van der Waals surface area contributed by atoms with Crippen molar-refractivity contribution in [1.29, 1.82) is 0 Å². The van der Waals surface area contributed by atoms with Crippen LogP contribution in [-0.4, -0.2) is 64.2 Å². The van der Waals surface area contributed by atoms with Gasteiger partial charge in [-0.25, -0.2) is 0 Å². The Morgan fingerprint density at radius 1 is 1.38 bits per heavy atom. The van der Waals surface area contributed by atoms with E-state index in [9.17, 15) is 5.11 Å². The number of aliphatic hydroxyl groups excluding tert-OH is 1. The van der Waals surface area contributed by atoms with Crippen LogP contribution in [0.15, 0.2) is 11.6 Å². The highest BCUT2D eigenvalue weighted by molar-refractivity contribution is 5.23. The lowest BCUT2D eigenvalue weighted by molar-refractivity contribution is -0.941. The van der Waals surface area contributed by atoms with Crippen molar-refractivity contribution in [2.45, 2.75) is 51.7 Å². The summed E-state index contributed by atoms with van der Waals surface area (Å²) in [5, 5.41) is 10.3. The van der Waals surface area contributed by atoms with Crippen LogP contribution in [0.1, 0.15) is 39.5 Å². The van der Waals surface area contributed by atoms with Crippen molar-refractivity contribution in [2.75, 3.05) is 46.9 Å². The van der Waals surface area contributed by atoms with Gasteiger partial charge in [-0.1, -0.05) is 19.9 Å². The summed E-state index contributed by atoms with van der Waals surface area (Å²) in [6.07, 6.45) is 7.16. The maximum atomic E-state index is 10.3. The summed E-state index contributed by atoms with van der Waals surface area (Å²) in [6.45, 7) is 9.32. The van der Waals surface area contributed by atoms with Crippen LogP contribution in [0, 0.1) is 17.3 Å². The van der Waals surface area contributed by atoms with Gasteiger partial charge in [-0.3, -0.25) is 0 Å². The van der Waals surface area contributed by atoms with Gasteiger partial charge in [0, 0.05) is 12.8 Å². The quantitative estimate of drug-likeness (QED) is 0.550. The summed E-state index contributed by atoms with van der Waals surface area (Å²) >= 11 is 0. The van der Waals surface area contributed by atoms with E-state index in [0.29, 0.717) is 30.6 Å². The number of quaternary nitrogens is 2. The fraction of sp³-hybridized carbons (Fsp3) is 0.900. The Labute approximate surface area is 147 Å². The van der Waals surface area contributed by atoms with Crippen molar-refractivity contribution in [1.82, 2.24) is 0 Å². The van der Waals surface area contributed by atoms with E-state index >= 15 is 0 Å². The number of piperidine rings is 1. The third-order valence-corrected chi connectivity index (χ3v) is 7.26. The van der Waals surface area contributed by atoms with Crippen molar-refractivity contribution < 1.29 is 19.6 Å². The molecule has 1 heterocycles. The lowest BCUT2D eigenvalue weighted by Gasteiger charge is -2.56. The Kier molecular flexibility index (Phi) is 5.70. The molecule has 3 aliphatic carbocycles. The fourth-order valence-corrected chi connectivity index (χ4v) is 5.15. The zero-order chi connectivity index (χ0) is 17.3. The highest BCUT2D eigenvalue weighted by Gasteiger charge is 2.50. The zero-order valence-corrected chi connectivity index (χ0v) is 16.1. The molecule has 1 saturated carbocycles. The van der Waals surface area contributed by atoms with Crippen LogP contribution >= 0.6 is 0 Å². The molecular weight excluding hydrogens is 300 g/mol. The molecule has 1 saturated heterocycles. The molecule has 0 spiro atoms. The van der Waals surface area contributed by atoms with E-state index in [1.807, 2.05) is 0 Å². The second-order valence-corrected chi connectivity index (χ2v) is 9.27. The standard InChI is InChI=1S/C20H36N2O2/c1-20(2)16-6-5-15(19(20)11-16)13-24-14-18(23)12-22(4)17-7-9-21(3)10-8-17/h5,16-19,23H,6-14H2,1-4H3/p+2/t16-,18-,19-/m1/s1. The maximum Gasteiger partial charge on any atom is 0.126 e. The summed E-state index contributed by atoms with van der Waals surface area (Å²) in [5.74, 6) is 1.59. The molecule has 0 aromatic rings. The molecule has 0 radical (unpaired) electrons. The molecule has 1 unspecified atom stereocenters. The molecule has 0 aromatic heterocycles. The van der Waals surface area contributed by atoms with Gasteiger partial charge < -0.3 is 19.6 Å². The summed E-state index contributed by atoms with van der Waals surface area (Å²) in [5.41, 5.74) is 1.95. The van der Waals surface area contributed by atoms with E-state index in [4.69, 9.17) is 4.74 Å². The number of ether oxygens (including phenoxy) is 1. The molecule has 3 N–H and O–H groups in total. The van der Waals surface area contributed by atoms with Crippen LogP contribution in [0.2, 0.25) is 0 Å². The average molecular weight is 339 g/mol. The lowest BCUT2D eigenvalue weighted by Crippen LogP contribution is -3.18. The molecule has 4 rings (SSSR count). The molecule has 2 bridgehead atoms. The number of hydrogen-bond acceptors (Lipinski definition) is 2. The van der Waals surface area contributed by atoms with Gasteiger partial charge in [0.25, 0.3) is 0 Å². The molecule has 0 aromatic carbocycles. The smallest absolute Gasteiger partial charge is 0.126 e. The fourth-order valence-electron chi connectivity index (χ4n) is 5.15. The first kappa shape index (κ1) is 18.4. The monoisotopic (exact) mass is 338 g/mol. The van der Waals surface area contributed by atoms with Gasteiger partial charge in [-0.05, 0) is 35.7 Å². The van der Waals surface area contributed by atoms with Gasteiger partial charge in [-0.15, -0.1) is 0 Å². The Bertz CT molecular complexity index is 455. The predicted molar refractivity (Wildman–Crippen MR) is 96.3 cm³/mol. The third kappa shape index (κ3) is 3.87. The minimum atomic E-state index is -0.344. The van der Waals surface area contributed by atoms with Crippen molar-refractivity contribution in [2.24, 2.45) is 17.3 Å². The van der Waals surface area contributed by atoms with Crippen molar-refractivity contribution in [3.8, 4) is 0 Å². The summed E-state index contributed by atoms with van der Waals surface area (Å²) in [6, 6.07) is 0.706.